The standard InChI is InChI=1S/C17H16N6O2/c18-16-14(2-1-6-20-16)21-9-12-8-11(5-7-19-12)23-17(25)15-4-3-13(24)10-22-15/h1-8,10,21,24H,9H2,(H2,18,20)(H,19,23,25). The van der Waals surface area contributed by atoms with Gasteiger partial charge < -0.3 is 21.5 Å². The number of pyridine rings is 3. The predicted octanol–water partition coefficient (Wildman–Crippen LogP) is 2.02. The number of aromatic nitrogens is 3. The van der Waals surface area contributed by atoms with E-state index in [1.54, 1.807) is 30.6 Å². The number of aromatic hydroxyl groups is 1. The van der Waals surface area contributed by atoms with Crippen LogP contribution < -0.4 is 16.4 Å². The van der Waals surface area contributed by atoms with Crippen molar-refractivity contribution >= 4 is 23.1 Å². The first-order valence-corrected chi connectivity index (χ1v) is 7.47. The van der Waals surface area contributed by atoms with Crippen LogP contribution in [0.2, 0.25) is 0 Å². The molecular formula is C17H16N6O2. The van der Waals surface area contributed by atoms with Gasteiger partial charge in [-0.05, 0) is 36.4 Å². The third kappa shape index (κ3) is 4.20. The van der Waals surface area contributed by atoms with Gasteiger partial charge >= 0.3 is 0 Å². The summed E-state index contributed by atoms with van der Waals surface area (Å²) in [5.74, 6) is 0.0375. The lowest BCUT2D eigenvalue weighted by atomic mass is 10.2. The van der Waals surface area contributed by atoms with Crippen LogP contribution in [0.1, 0.15) is 16.2 Å². The number of nitrogens with zero attached hydrogens (tertiary/aromatic N) is 3. The second-order valence-electron chi connectivity index (χ2n) is 5.18. The van der Waals surface area contributed by atoms with Gasteiger partial charge in [-0.15, -0.1) is 0 Å². The van der Waals surface area contributed by atoms with E-state index in [2.05, 4.69) is 25.6 Å². The highest BCUT2D eigenvalue weighted by atomic mass is 16.3. The molecule has 5 N–H and O–H groups in total. The summed E-state index contributed by atoms with van der Waals surface area (Å²) in [7, 11) is 0. The van der Waals surface area contributed by atoms with E-state index in [1.807, 2.05) is 6.07 Å². The Morgan fingerprint density at radius 1 is 1.12 bits per heavy atom. The zero-order chi connectivity index (χ0) is 17.6. The number of carbonyl (C=O) groups is 1. The Labute approximate surface area is 143 Å². The summed E-state index contributed by atoms with van der Waals surface area (Å²) < 4.78 is 0. The molecule has 0 fully saturated rings. The molecule has 25 heavy (non-hydrogen) atoms. The van der Waals surface area contributed by atoms with Crippen molar-refractivity contribution in [1.82, 2.24) is 15.0 Å². The molecule has 126 valence electrons. The minimum atomic E-state index is -0.374. The minimum Gasteiger partial charge on any atom is -0.506 e. The number of amides is 1. The number of hydrogen-bond donors (Lipinski definition) is 4. The third-order valence-corrected chi connectivity index (χ3v) is 3.35. The summed E-state index contributed by atoms with van der Waals surface area (Å²) in [4.78, 5) is 24.3. The van der Waals surface area contributed by atoms with Gasteiger partial charge in [0.05, 0.1) is 24.1 Å². The van der Waals surface area contributed by atoms with Gasteiger partial charge in [0.1, 0.15) is 17.3 Å². The monoisotopic (exact) mass is 336 g/mol. The van der Waals surface area contributed by atoms with Crippen molar-refractivity contribution in [1.29, 1.82) is 0 Å². The highest BCUT2D eigenvalue weighted by Crippen LogP contribution is 2.16. The number of nitrogens with two attached hydrogens (primary N) is 1. The van der Waals surface area contributed by atoms with E-state index in [0.29, 0.717) is 23.7 Å². The van der Waals surface area contributed by atoms with E-state index in [1.165, 1.54) is 18.3 Å². The van der Waals surface area contributed by atoms with E-state index in [4.69, 9.17) is 5.73 Å². The quantitative estimate of drug-likeness (QED) is 0.561. The molecule has 1 amide bonds. The second-order valence-corrected chi connectivity index (χ2v) is 5.18. The molecular weight excluding hydrogens is 320 g/mol. The molecule has 0 bridgehead atoms. The zero-order valence-corrected chi connectivity index (χ0v) is 13.2. The molecule has 3 aromatic rings. The molecule has 3 aromatic heterocycles. The fourth-order valence-electron chi connectivity index (χ4n) is 2.12. The fourth-order valence-corrected chi connectivity index (χ4v) is 2.12. The molecule has 0 aliphatic carbocycles. The van der Waals surface area contributed by atoms with E-state index >= 15 is 0 Å². The Morgan fingerprint density at radius 2 is 2.00 bits per heavy atom. The summed E-state index contributed by atoms with van der Waals surface area (Å²) in [5, 5.41) is 15.1. The van der Waals surface area contributed by atoms with E-state index in [-0.39, 0.29) is 17.4 Å². The van der Waals surface area contributed by atoms with Gasteiger partial charge in [-0.3, -0.25) is 9.78 Å². The molecule has 3 heterocycles. The van der Waals surface area contributed by atoms with E-state index < -0.39 is 0 Å². The second kappa shape index (κ2) is 7.26. The molecule has 0 radical (unpaired) electrons. The average Bonchev–Trinajstić information content (AvgIpc) is 2.62. The first kappa shape index (κ1) is 16.2. The molecule has 0 spiro atoms. The fraction of sp³-hybridized carbons (Fsp3) is 0.0588. The Balaban J connectivity index is 1.66. The first-order valence-electron chi connectivity index (χ1n) is 7.47. The highest BCUT2D eigenvalue weighted by molar-refractivity contribution is 6.02. The zero-order valence-electron chi connectivity index (χ0n) is 13.2. The number of hydrogen-bond acceptors (Lipinski definition) is 7. The van der Waals surface area contributed by atoms with Crippen LogP contribution in [-0.2, 0) is 6.54 Å². The number of nitrogens with one attached hydrogen (secondary N) is 2. The van der Waals surface area contributed by atoms with Crippen molar-refractivity contribution in [3.63, 3.8) is 0 Å². The maximum atomic E-state index is 12.1. The van der Waals surface area contributed by atoms with Crippen LogP contribution in [0.5, 0.6) is 5.75 Å². The van der Waals surface area contributed by atoms with Crippen molar-refractivity contribution < 1.29 is 9.90 Å². The van der Waals surface area contributed by atoms with Crippen LogP contribution in [0.4, 0.5) is 17.2 Å². The number of carbonyl (C=O) groups excluding carboxylic acids is 1. The Hall–Kier alpha value is -3.68. The molecule has 0 saturated carbocycles. The summed E-state index contributed by atoms with van der Waals surface area (Å²) in [6, 6.07) is 9.89. The summed E-state index contributed by atoms with van der Waals surface area (Å²) in [6.07, 6.45) is 4.44. The van der Waals surface area contributed by atoms with Gasteiger partial charge in [-0.1, -0.05) is 0 Å². The highest BCUT2D eigenvalue weighted by Gasteiger charge is 2.08. The molecule has 0 aliphatic heterocycles. The van der Waals surface area contributed by atoms with Gasteiger partial charge in [0.25, 0.3) is 5.91 Å². The Bertz CT molecular complexity index is 882. The largest absolute Gasteiger partial charge is 0.506 e. The minimum absolute atomic E-state index is 0.00324. The molecule has 0 unspecified atom stereocenters. The summed E-state index contributed by atoms with van der Waals surface area (Å²) in [5.41, 5.74) is 8.01. The molecule has 0 atom stereocenters. The van der Waals surface area contributed by atoms with E-state index in [9.17, 15) is 9.90 Å². The lowest BCUT2D eigenvalue weighted by molar-refractivity contribution is 0.102. The van der Waals surface area contributed by atoms with Crippen molar-refractivity contribution in [2.75, 3.05) is 16.4 Å². The Kier molecular flexibility index (Phi) is 4.70. The lowest BCUT2D eigenvalue weighted by Crippen LogP contribution is -2.14. The van der Waals surface area contributed by atoms with Crippen LogP contribution in [0, 0.1) is 0 Å². The predicted molar refractivity (Wildman–Crippen MR) is 94.1 cm³/mol. The number of nitrogen functional groups attached to an aromatic ring is 1. The first-order chi connectivity index (χ1) is 12.1. The van der Waals surface area contributed by atoms with Gasteiger partial charge in [0, 0.05) is 18.1 Å². The smallest absolute Gasteiger partial charge is 0.274 e. The molecule has 0 saturated heterocycles. The van der Waals surface area contributed by atoms with Crippen molar-refractivity contribution in [2.24, 2.45) is 0 Å². The molecule has 0 aromatic carbocycles. The third-order valence-electron chi connectivity index (χ3n) is 3.35. The number of anilines is 3. The van der Waals surface area contributed by atoms with Crippen LogP contribution >= 0.6 is 0 Å². The summed E-state index contributed by atoms with van der Waals surface area (Å²) >= 11 is 0. The van der Waals surface area contributed by atoms with Crippen LogP contribution in [0.25, 0.3) is 0 Å². The lowest BCUT2D eigenvalue weighted by Gasteiger charge is -2.09. The van der Waals surface area contributed by atoms with Crippen LogP contribution in [0.3, 0.4) is 0 Å². The average molecular weight is 336 g/mol. The van der Waals surface area contributed by atoms with Gasteiger partial charge in [0.15, 0.2) is 0 Å². The summed E-state index contributed by atoms with van der Waals surface area (Å²) in [6.45, 7) is 0.428. The van der Waals surface area contributed by atoms with Gasteiger partial charge in [0.2, 0.25) is 0 Å². The molecule has 0 aliphatic rings. The maximum Gasteiger partial charge on any atom is 0.274 e. The van der Waals surface area contributed by atoms with Gasteiger partial charge in [-0.25, -0.2) is 9.97 Å². The number of rotatable bonds is 5. The molecule has 8 heteroatoms. The van der Waals surface area contributed by atoms with E-state index in [0.717, 1.165) is 5.69 Å². The SMILES string of the molecule is Nc1ncccc1NCc1cc(NC(=O)c2ccc(O)cn2)ccn1. The van der Waals surface area contributed by atoms with Gasteiger partial charge in [-0.2, -0.15) is 0 Å². The van der Waals surface area contributed by atoms with Crippen LogP contribution in [0.15, 0.2) is 55.0 Å². The molecule has 8 nitrogen and oxygen atoms in total. The van der Waals surface area contributed by atoms with Crippen molar-refractivity contribution in [3.05, 3.63) is 66.4 Å². The van der Waals surface area contributed by atoms with Crippen LogP contribution in [-0.4, -0.2) is 26.0 Å². The maximum absolute atomic E-state index is 12.1. The Morgan fingerprint density at radius 3 is 2.76 bits per heavy atom. The van der Waals surface area contributed by atoms with Crippen molar-refractivity contribution in [2.45, 2.75) is 6.54 Å². The van der Waals surface area contributed by atoms with Crippen molar-refractivity contribution in [3.8, 4) is 5.75 Å². The topological polar surface area (TPSA) is 126 Å². The normalized spacial score (nSPS) is 10.2. The molecule has 3 rings (SSSR count).